The lowest BCUT2D eigenvalue weighted by Gasteiger charge is -2.17. The van der Waals surface area contributed by atoms with Crippen molar-refractivity contribution in [2.45, 2.75) is 170 Å². The molecule has 106 heavy (non-hydrogen) atoms. The van der Waals surface area contributed by atoms with Crippen molar-refractivity contribution in [3.8, 4) is 126 Å². The average Bonchev–Trinajstić information content (AvgIpc) is 0.783. The number of phenols is 5. The molecule has 2 aromatic heterocycles. The first-order valence-corrected chi connectivity index (χ1v) is 36.2. The third-order valence-electron chi connectivity index (χ3n) is 16.8. The van der Waals surface area contributed by atoms with E-state index in [0.717, 1.165) is 67.2 Å². The summed E-state index contributed by atoms with van der Waals surface area (Å²) >= 11 is 0. The number of phenolic OH excluding ortho intramolecular Hbond substituents is 5. The van der Waals surface area contributed by atoms with Gasteiger partial charge >= 0.3 is 0 Å². The molecule has 0 aliphatic carbocycles. The maximum absolute atomic E-state index is 11.1. The highest BCUT2D eigenvalue weighted by Gasteiger charge is 2.24. The van der Waals surface area contributed by atoms with Crippen LogP contribution in [0.2, 0.25) is 0 Å². The van der Waals surface area contributed by atoms with Gasteiger partial charge in [0.25, 0.3) is 0 Å². The highest BCUT2D eigenvalue weighted by molar-refractivity contribution is 5.76. The third kappa shape index (κ3) is 26.5. The smallest absolute Gasteiger partial charge is 0.167 e. The van der Waals surface area contributed by atoms with Crippen molar-refractivity contribution >= 4 is 0 Å². The number of hydrogen-bond donors (Lipinski definition) is 10. The van der Waals surface area contributed by atoms with Crippen LogP contribution in [0, 0.1) is 20.8 Å². The topological polar surface area (TPSA) is 372 Å². The Bertz CT molecular complexity index is 3690. The number of aryl methyl sites for hydroxylation is 3. The summed E-state index contributed by atoms with van der Waals surface area (Å²) in [6.45, 7) is 23.4. The molecule has 0 fully saturated rings. The number of hydrogen-bond acceptors (Lipinski definition) is 26. The molecular formula is C80H106N6O20. The van der Waals surface area contributed by atoms with Gasteiger partial charge in [-0.05, 0) is 145 Å². The first kappa shape index (κ1) is 84.2. The Kier molecular flexibility index (Phi) is 34.1. The number of aliphatic hydroxyl groups is 5. The minimum absolute atomic E-state index is 0.00161. The number of unbranched alkanes of at least 4 members (excludes halogenated alkanes) is 2. The van der Waals surface area contributed by atoms with E-state index in [1.165, 1.54) is 48.5 Å². The van der Waals surface area contributed by atoms with Gasteiger partial charge in [0.05, 0.1) is 79.2 Å². The number of aromatic hydroxyl groups is 5. The van der Waals surface area contributed by atoms with Crippen molar-refractivity contribution in [1.29, 1.82) is 0 Å². The Hall–Kier alpha value is -9.06. The van der Waals surface area contributed by atoms with Crippen LogP contribution in [0.4, 0.5) is 0 Å². The zero-order valence-corrected chi connectivity index (χ0v) is 62.6. The number of aromatic nitrogens is 6. The molecule has 0 aliphatic rings. The van der Waals surface area contributed by atoms with E-state index in [4.69, 9.17) is 57.3 Å². The molecule has 8 atom stereocenters. The lowest BCUT2D eigenvalue weighted by molar-refractivity contribution is -0.0192. The lowest BCUT2D eigenvalue weighted by atomic mass is 9.99. The minimum atomic E-state index is -0.884. The average molecular weight is 1470 g/mol. The molecule has 0 bridgehead atoms. The van der Waals surface area contributed by atoms with E-state index in [0.29, 0.717) is 41.7 Å². The van der Waals surface area contributed by atoms with Gasteiger partial charge < -0.3 is 98.4 Å². The summed E-state index contributed by atoms with van der Waals surface area (Å²) in [7, 11) is 0. The van der Waals surface area contributed by atoms with Crippen molar-refractivity contribution in [3.63, 3.8) is 0 Å². The van der Waals surface area contributed by atoms with E-state index in [1.54, 1.807) is 42.5 Å². The molecule has 8 rings (SSSR count). The second kappa shape index (κ2) is 42.9. The first-order valence-electron chi connectivity index (χ1n) is 36.2. The van der Waals surface area contributed by atoms with Crippen LogP contribution in [0.1, 0.15) is 117 Å². The predicted molar refractivity (Wildman–Crippen MR) is 401 cm³/mol. The van der Waals surface area contributed by atoms with Crippen LogP contribution < -0.4 is 23.7 Å². The van der Waals surface area contributed by atoms with Crippen LogP contribution in [0.15, 0.2) is 103 Å². The maximum Gasteiger partial charge on any atom is 0.167 e. The van der Waals surface area contributed by atoms with E-state index >= 15 is 0 Å². The normalized spacial score (nSPS) is 13.7. The Balaban J connectivity index is 0.000000299. The first-order chi connectivity index (χ1) is 50.9. The maximum atomic E-state index is 11.1. The molecule has 26 heteroatoms. The van der Waals surface area contributed by atoms with E-state index in [9.17, 15) is 51.1 Å². The van der Waals surface area contributed by atoms with Gasteiger partial charge in [-0.2, -0.15) is 0 Å². The van der Waals surface area contributed by atoms with Gasteiger partial charge in [-0.3, -0.25) is 0 Å². The van der Waals surface area contributed by atoms with Crippen LogP contribution in [0.25, 0.3) is 68.3 Å². The fourth-order valence-electron chi connectivity index (χ4n) is 10.3. The molecule has 8 aromatic rings. The molecule has 6 aromatic carbocycles. The highest BCUT2D eigenvalue weighted by Crippen LogP contribution is 2.40. The molecule has 0 saturated heterocycles. The van der Waals surface area contributed by atoms with E-state index in [-0.39, 0.29) is 176 Å². The van der Waals surface area contributed by atoms with Crippen molar-refractivity contribution in [2.24, 2.45) is 0 Å². The molecule has 0 amide bonds. The van der Waals surface area contributed by atoms with Gasteiger partial charge in [-0.25, -0.2) is 29.9 Å². The minimum Gasteiger partial charge on any atom is -0.507 e. The summed E-state index contributed by atoms with van der Waals surface area (Å²) in [6.07, 6.45) is 2.01. The largest absolute Gasteiger partial charge is 0.507 e. The molecule has 0 radical (unpaired) electrons. The molecular weight excluding hydrogens is 1360 g/mol. The van der Waals surface area contributed by atoms with E-state index < -0.39 is 30.5 Å². The predicted octanol–water partition coefficient (Wildman–Crippen LogP) is 12.0. The van der Waals surface area contributed by atoms with Gasteiger partial charge in [0.2, 0.25) is 0 Å². The second-order valence-electron chi connectivity index (χ2n) is 26.1. The number of benzene rings is 6. The van der Waals surface area contributed by atoms with Crippen LogP contribution in [0.5, 0.6) is 57.5 Å². The summed E-state index contributed by atoms with van der Waals surface area (Å²) in [6, 6.07) is 27.0. The van der Waals surface area contributed by atoms with Crippen LogP contribution >= 0.6 is 0 Å². The van der Waals surface area contributed by atoms with Crippen LogP contribution in [-0.2, 0) is 23.7 Å². The van der Waals surface area contributed by atoms with Gasteiger partial charge in [-0.15, -0.1) is 0 Å². The zero-order chi connectivity index (χ0) is 76.8. The summed E-state index contributed by atoms with van der Waals surface area (Å²) in [5, 5.41) is 107. The zero-order valence-electron chi connectivity index (χ0n) is 62.6. The van der Waals surface area contributed by atoms with E-state index in [1.807, 2.05) is 74.4 Å². The standard InChI is InChI=1S/C42H57N3O12.C38H49N3O8/c1-7-25(4)52-19-28(46)22-55-31-10-13-34(37(49)16-31)40-43-41(35-14-11-32(17-38(35)50)56-23-29(47)20-53-26(5)8-2)45-42(44-40)36-15-12-33(18-39(36)51)57-24-30(48)21-54-27(6)9-3;1-6-8-14-46-20-27(42)22-48-29-10-12-31(33(44)18-29)36-39-37(41-38(40-36)35-25(4)16-24(3)17-26(35)5)32-13-11-30(19-34(32)45)49-23-28(43)21-47-15-9-7-2/h10-18,25-30,46-51H,7-9,19-24H2,1-6H3;10-13,16-19,27-28,42-45H,6-9,14-15,20-23H2,1-5H3. The van der Waals surface area contributed by atoms with Crippen molar-refractivity contribution in [2.75, 3.05) is 79.3 Å². The van der Waals surface area contributed by atoms with Crippen molar-refractivity contribution in [3.05, 3.63) is 120 Å². The lowest BCUT2D eigenvalue weighted by Crippen LogP contribution is -2.25. The molecule has 0 spiro atoms. The third-order valence-corrected chi connectivity index (χ3v) is 16.8. The summed E-state index contributed by atoms with van der Waals surface area (Å²) < 4.78 is 56.1. The van der Waals surface area contributed by atoms with E-state index in [2.05, 4.69) is 33.8 Å². The van der Waals surface area contributed by atoms with Crippen molar-refractivity contribution in [1.82, 2.24) is 29.9 Å². The molecule has 8 unspecified atom stereocenters. The summed E-state index contributed by atoms with van der Waals surface area (Å²) in [5.41, 5.74) is 5.09. The molecule has 0 saturated carbocycles. The number of nitrogens with zero attached hydrogens (tertiary/aromatic N) is 6. The monoisotopic (exact) mass is 1470 g/mol. The number of ether oxygens (including phenoxy) is 10. The highest BCUT2D eigenvalue weighted by atomic mass is 16.5. The van der Waals surface area contributed by atoms with Gasteiger partial charge in [0.15, 0.2) is 34.9 Å². The molecule has 2 heterocycles. The Morgan fingerprint density at radius 2 is 0.547 bits per heavy atom. The van der Waals surface area contributed by atoms with Crippen molar-refractivity contribution < 1.29 is 98.4 Å². The molecule has 26 nitrogen and oxygen atoms in total. The van der Waals surface area contributed by atoms with Gasteiger partial charge in [0.1, 0.15) is 121 Å². The van der Waals surface area contributed by atoms with Gasteiger partial charge in [0, 0.05) is 49.1 Å². The van der Waals surface area contributed by atoms with Crippen LogP contribution in [0.3, 0.4) is 0 Å². The fraction of sp³-hybridized carbons (Fsp3) is 0.475. The number of rotatable bonds is 43. The fourth-order valence-corrected chi connectivity index (χ4v) is 10.3. The summed E-state index contributed by atoms with van der Waals surface area (Å²) in [4.78, 5) is 27.9. The number of aliphatic hydroxyl groups excluding tert-OH is 5. The SMILES string of the molecule is CCC(C)OCC(O)COc1ccc(-c2nc(-c3ccc(OCC(O)COC(C)CC)cc3O)nc(-c3ccc(OCC(O)COC(C)CC)cc3O)n2)c(O)c1.CCCCOCC(O)COc1ccc(-c2nc(-c3ccc(OCC(O)COCCCC)cc3O)nc(-c3c(C)cc(C)cc3C)n2)c(O)c1. The Morgan fingerprint density at radius 1 is 0.311 bits per heavy atom. The van der Waals surface area contributed by atoms with Gasteiger partial charge in [-0.1, -0.05) is 65.2 Å². The Labute approximate surface area is 620 Å². The van der Waals surface area contributed by atoms with Crippen LogP contribution in [-0.4, -0.2) is 209 Å². The molecule has 0 aliphatic heterocycles. The Morgan fingerprint density at radius 3 is 0.774 bits per heavy atom. The summed E-state index contributed by atoms with van der Waals surface area (Å²) in [5.74, 6) is 1.37. The molecule has 10 N–H and O–H groups in total. The second-order valence-corrected chi connectivity index (χ2v) is 26.1. The quantitative estimate of drug-likeness (QED) is 0.0159. The molecule has 576 valence electrons.